The molecule has 96 valence electrons. The largest absolute Gasteiger partial charge is 1.00 e. The highest BCUT2D eigenvalue weighted by Gasteiger charge is 2.16. The second-order valence-electron chi connectivity index (χ2n) is 3.43. The minimum absolute atomic E-state index is 0. The van der Waals surface area contributed by atoms with Gasteiger partial charge in [0.2, 0.25) is 10.9 Å². The van der Waals surface area contributed by atoms with Crippen molar-refractivity contribution in [3.05, 3.63) is 15.6 Å². The van der Waals surface area contributed by atoms with Gasteiger partial charge < -0.3 is 27.5 Å². The number of nitrogens with two attached hydrogens (primary N) is 1. The zero-order chi connectivity index (χ0) is 12.1. The summed E-state index contributed by atoms with van der Waals surface area (Å²) in [6, 6.07) is 0. The lowest BCUT2D eigenvalue weighted by molar-refractivity contribution is -0.391. The summed E-state index contributed by atoms with van der Waals surface area (Å²) >= 11 is 1.49. The number of halogens is 1. The Kier molecular flexibility index (Phi) is 6.98. The molecule has 1 rings (SSSR count). The molecule has 0 fully saturated rings. The number of amides is 1. The van der Waals surface area contributed by atoms with Crippen LogP contribution in [0.1, 0.15) is 22.5 Å². The third-order valence-electron chi connectivity index (χ3n) is 1.96. The Hall–Kier alpha value is -0.950. The van der Waals surface area contributed by atoms with E-state index in [1.165, 1.54) is 18.3 Å². The van der Waals surface area contributed by atoms with Gasteiger partial charge in [-0.2, -0.15) is 0 Å². The van der Waals surface area contributed by atoms with Crippen LogP contribution in [0.25, 0.3) is 0 Å². The standard InChI is InChI=1S/C10H14N2O3S.BrH/c1-6-8(3-4-15-7(2)13)16-10(12-6)5-9(11)14;/h3-5H2,1-2H3,(H2,11,14);1H. The summed E-state index contributed by atoms with van der Waals surface area (Å²) in [5.74, 6) is -0.639. The second-order valence-corrected chi connectivity index (χ2v) is 4.62. The summed E-state index contributed by atoms with van der Waals surface area (Å²) in [6.45, 7) is 3.66. The monoisotopic (exact) mass is 322 g/mol. The molecule has 17 heavy (non-hydrogen) atoms. The van der Waals surface area contributed by atoms with Crippen molar-refractivity contribution in [1.29, 1.82) is 0 Å². The van der Waals surface area contributed by atoms with Crippen LogP contribution in [0.5, 0.6) is 0 Å². The van der Waals surface area contributed by atoms with Gasteiger partial charge in [0, 0.05) is 20.3 Å². The lowest BCUT2D eigenvalue weighted by Crippen LogP contribution is -3.00. The Balaban J connectivity index is 0.00000256. The lowest BCUT2D eigenvalue weighted by Gasteiger charge is -1.97. The van der Waals surface area contributed by atoms with Crippen LogP contribution in [-0.2, 0) is 27.2 Å². The molecule has 3 N–H and O–H groups in total. The number of aryl methyl sites for hydroxylation is 1. The molecule has 0 atom stereocenters. The molecule has 0 radical (unpaired) electrons. The van der Waals surface area contributed by atoms with Crippen molar-refractivity contribution in [2.24, 2.45) is 5.73 Å². The van der Waals surface area contributed by atoms with Crippen LogP contribution < -0.4 is 27.7 Å². The predicted octanol–water partition coefficient (Wildman–Crippen LogP) is -2.99. The van der Waals surface area contributed by atoms with Gasteiger partial charge in [0.25, 0.3) is 0 Å². The maximum absolute atomic E-state index is 10.7. The van der Waals surface area contributed by atoms with Crippen molar-refractivity contribution < 1.29 is 36.3 Å². The number of thiazole rings is 1. The van der Waals surface area contributed by atoms with E-state index in [2.05, 4.69) is 4.98 Å². The van der Waals surface area contributed by atoms with Crippen LogP contribution in [-0.4, -0.2) is 18.5 Å². The van der Waals surface area contributed by atoms with Crippen molar-refractivity contribution in [2.45, 2.75) is 26.7 Å². The third kappa shape index (κ3) is 5.78. The summed E-state index contributed by atoms with van der Waals surface area (Å²) in [6.07, 6.45) is 0.879. The van der Waals surface area contributed by atoms with Gasteiger partial charge in [-0.25, -0.2) is 4.98 Å². The van der Waals surface area contributed by atoms with Crippen molar-refractivity contribution in [2.75, 3.05) is 6.61 Å². The van der Waals surface area contributed by atoms with Gasteiger partial charge in [-0.15, -0.1) is 0 Å². The average molecular weight is 323 g/mol. The van der Waals surface area contributed by atoms with Gasteiger partial charge >= 0.3 is 5.97 Å². The molecule has 0 aliphatic heterocycles. The first-order valence-electron chi connectivity index (χ1n) is 4.91. The number of ether oxygens (including phenoxy) is 1. The number of nitrogens with one attached hydrogen (secondary N) is 1. The first-order valence-corrected chi connectivity index (χ1v) is 5.73. The highest BCUT2D eigenvalue weighted by Crippen LogP contribution is 2.15. The Morgan fingerprint density at radius 1 is 1.47 bits per heavy atom. The first-order chi connectivity index (χ1) is 7.49. The molecular weight excluding hydrogens is 308 g/mol. The number of rotatable bonds is 5. The predicted molar refractivity (Wildman–Crippen MR) is 58.8 cm³/mol. The quantitative estimate of drug-likeness (QED) is 0.587. The minimum atomic E-state index is -0.357. The molecule has 0 saturated carbocycles. The van der Waals surface area contributed by atoms with Crippen LogP contribution in [0.2, 0.25) is 0 Å². The molecule has 0 bridgehead atoms. The number of H-pyrrole nitrogens is 1. The van der Waals surface area contributed by atoms with Crippen molar-refractivity contribution in [3.63, 3.8) is 0 Å². The number of aromatic amines is 1. The van der Waals surface area contributed by atoms with E-state index in [0.29, 0.717) is 13.0 Å². The maximum atomic E-state index is 10.7. The van der Waals surface area contributed by atoms with E-state index < -0.39 is 0 Å². The Bertz CT molecular complexity index is 406. The van der Waals surface area contributed by atoms with Crippen LogP contribution in [0.4, 0.5) is 0 Å². The molecule has 1 aromatic rings. The number of carbonyl (C=O) groups is 2. The molecule has 0 unspecified atom stereocenters. The molecule has 0 saturated heterocycles. The number of esters is 1. The van der Waals surface area contributed by atoms with Crippen LogP contribution in [0.3, 0.4) is 0 Å². The highest BCUT2D eigenvalue weighted by molar-refractivity contribution is 7.11. The SMILES string of the molecule is CC(=O)OCCc1sc(CC(N)=O)[nH+]c1C.[Br-]. The summed E-state index contributed by atoms with van der Waals surface area (Å²) in [7, 11) is 0. The fourth-order valence-corrected chi connectivity index (χ4v) is 2.40. The van der Waals surface area contributed by atoms with Crippen LogP contribution >= 0.6 is 11.3 Å². The molecule has 1 heterocycles. The highest BCUT2D eigenvalue weighted by atomic mass is 79.9. The van der Waals surface area contributed by atoms with Crippen LogP contribution in [0.15, 0.2) is 0 Å². The van der Waals surface area contributed by atoms with Gasteiger partial charge in [-0.05, 0) is 0 Å². The summed E-state index contributed by atoms with van der Waals surface area (Å²) in [4.78, 5) is 25.5. The fourth-order valence-electron chi connectivity index (χ4n) is 1.29. The Morgan fingerprint density at radius 2 is 2.12 bits per heavy atom. The van der Waals surface area contributed by atoms with Gasteiger partial charge in [-0.1, -0.05) is 11.3 Å². The molecule has 0 aliphatic carbocycles. The lowest BCUT2D eigenvalue weighted by atomic mass is 10.3. The molecule has 0 aromatic carbocycles. The van der Waals surface area contributed by atoms with E-state index in [9.17, 15) is 9.59 Å². The third-order valence-corrected chi connectivity index (χ3v) is 3.21. The molecule has 1 amide bonds. The van der Waals surface area contributed by atoms with Crippen molar-refractivity contribution in [3.8, 4) is 0 Å². The normalized spacial score (nSPS) is 9.53. The van der Waals surface area contributed by atoms with E-state index in [-0.39, 0.29) is 35.3 Å². The van der Waals surface area contributed by atoms with Gasteiger partial charge in [0.15, 0.2) is 5.69 Å². The molecule has 1 aromatic heterocycles. The Morgan fingerprint density at radius 3 is 2.65 bits per heavy atom. The van der Waals surface area contributed by atoms with Crippen molar-refractivity contribution in [1.82, 2.24) is 0 Å². The van der Waals surface area contributed by atoms with E-state index in [0.717, 1.165) is 15.6 Å². The average Bonchev–Trinajstić information content (AvgIpc) is 2.45. The first kappa shape index (κ1) is 16.1. The van der Waals surface area contributed by atoms with Crippen molar-refractivity contribution >= 4 is 23.2 Å². The number of carbonyl (C=O) groups excluding carboxylic acids is 2. The van der Waals surface area contributed by atoms with E-state index >= 15 is 0 Å². The summed E-state index contributed by atoms with van der Waals surface area (Å²) in [5.41, 5.74) is 6.10. The van der Waals surface area contributed by atoms with Gasteiger partial charge in [-0.3, -0.25) is 9.59 Å². The zero-order valence-electron chi connectivity index (χ0n) is 9.71. The zero-order valence-corrected chi connectivity index (χ0v) is 12.1. The molecule has 0 aliphatic rings. The molecule has 5 nitrogen and oxygen atoms in total. The topological polar surface area (TPSA) is 83.5 Å². The summed E-state index contributed by atoms with van der Waals surface area (Å²) in [5, 5.41) is 0.836. The smallest absolute Gasteiger partial charge is 0.302 e. The minimum Gasteiger partial charge on any atom is -1.00 e. The Labute approximate surface area is 114 Å². The van der Waals surface area contributed by atoms with Gasteiger partial charge in [0.05, 0.1) is 11.5 Å². The number of hydrogen-bond acceptors (Lipinski definition) is 4. The fraction of sp³-hybridized carbons (Fsp3) is 0.500. The molecular formula is C10H15BrN2O3S. The second kappa shape index (κ2) is 7.39. The maximum Gasteiger partial charge on any atom is 0.302 e. The molecule has 7 heteroatoms. The molecule has 0 spiro atoms. The number of aromatic nitrogens is 1. The number of primary amides is 1. The van der Waals surface area contributed by atoms with Crippen LogP contribution in [0, 0.1) is 6.92 Å². The van der Waals surface area contributed by atoms with E-state index in [1.807, 2.05) is 6.92 Å². The summed E-state index contributed by atoms with van der Waals surface area (Å²) < 4.78 is 4.85. The van der Waals surface area contributed by atoms with Gasteiger partial charge in [0.1, 0.15) is 6.42 Å². The van der Waals surface area contributed by atoms with E-state index in [1.54, 1.807) is 0 Å². The number of hydrogen-bond donors (Lipinski definition) is 1. The van der Waals surface area contributed by atoms with E-state index in [4.69, 9.17) is 10.5 Å².